The van der Waals surface area contributed by atoms with Crippen LogP contribution in [0.25, 0.3) is 0 Å². The minimum atomic E-state index is -0.451. The van der Waals surface area contributed by atoms with Gasteiger partial charge in [-0.05, 0) is 25.0 Å². The van der Waals surface area contributed by atoms with Crippen LogP contribution in [0.4, 0.5) is 8.78 Å². The van der Waals surface area contributed by atoms with Gasteiger partial charge in [-0.3, -0.25) is 4.90 Å². The molecular formula is C15H20F2N2. The first kappa shape index (κ1) is 14.2. The van der Waals surface area contributed by atoms with E-state index in [2.05, 4.69) is 16.8 Å². The van der Waals surface area contributed by atoms with Gasteiger partial charge in [-0.15, -0.1) is 6.58 Å². The molecule has 0 bridgehead atoms. The molecule has 1 atom stereocenters. The number of benzene rings is 1. The lowest BCUT2D eigenvalue weighted by Crippen LogP contribution is -2.45. The Bertz CT molecular complexity index is 408. The van der Waals surface area contributed by atoms with Gasteiger partial charge in [-0.1, -0.05) is 12.1 Å². The summed E-state index contributed by atoms with van der Waals surface area (Å²) in [4.78, 5) is 2.15. The number of nitrogens with one attached hydrogen (secondary N) is 1. The Hall–Kier alpha value is -1.26. The molecule has 1 aromatic rings. The SMILES string of the molecule is C=CCC[C@@H](c1c(F)cccc1F)N1CCNCC1. The number of allylic oxidation sites excluding steroid dienone is 1. The van der Waals surface area contributed by atoms with Crippen LogP contribution in [0.15, 0.2) is 30.9 Å². The van der Waals surface area contributed by atoms with Gasteiger partial charge >= 0.3 is 0 Å². The lowest BCUT2D eigenvalue weighted by Gasteiger charge is -2.35. The number of hydrogen-bond donors (Lipinski definition) is 1. The van der Waals surface area contributed by atoms with E-state index in [0.717, 1.165) is 32.6 Å². The molecule has 0 radical (unpaired) electrons. The normalized spacial score (nSPS) is 18.2. The summed E-state index contributed by atoms with van der Waals surface area (Å²) >= 11 is 0. The van der Waals surface area contributed by atoms with Crippen molar-refractivity contribution in [3.63, 3.8) is 0 Å². The first-order valence-corrected chi connectivity index (χ1v) is 6.73. The topological polar surface area (TPSA) is 15.3 Å². The Morgan fingerprint density at radius 1 is 1.26 bits per heavy atom. The van der Waals surface area contributed by atoms with Crippen LogP contribution in [0.5, 0.6) is 0 Å². The van der Waals surface area contributed by atoms with Crippen LogP contribution < -0.4 is 5.32 Å². The zero-order valence-corrected chi connectivity index (χ0v) is 11.0. The summed E-state index contributed by atoms with van der Waals surface area (Å²) in [7, 11) is 0. The molecule has 1 aliphatic heterocycles. The van der Waals surface area contributed by atoms with Crippen molar-refractivity contribution in [2.45, 2.75) is 18.9 Å². The van der Waals surface area contributed by atoms with Crippen molar-refractivity contribution < 1.29 is 8.78 Å². The molecule has 19 heavy (non-hydrogen) atoms. The van der Waals surface area contributed by atoms with Crippen LogP contribution in [0.2, 0.25) is 0 Å². The van der Waals surface area contributed by atoms with Gasteiger partial charge in [-0.2, -0.15) is 0 Å². The molecule has 1 fully saturated rings. The Labute approximate surface area is 113 Å². The maximum absolute atomic E-state index is 14.0. The van der Waals surface area contributed by atoms with Gasteiger partial charge in [0.05, 0.1) is 0 Å². The maximum atomic E-state index is 14.0. The predicted octanol–water partition coefficient (Wildman–Crippen LogP) is 2.88. The van der Waals surface area contributed by atoms with E-state index in [1.54, 1.807) is 6.08 Å². The standard InChI is InChI=1S/C15H20F2N2/c1-2-3-7-14(19-10-8-18-9-11-19)15-12(16)5-4-6-13(15)17/h2,4-6,14,18H,1,3,7-11H2/t14-/m0/s1. The zero-order valence-electron chi connectivity index (χ0n) is 11.0. The summed E-state index contributed by atoms with van der Waals surface area (Å²) in [5, 5.41) is 3.26. The highest BCUT2D eigenvalue weighted by Gasteiger charge is 2.26. The number of piperazine rings is 1. The molecule has 0 aromatic heterocycles. The molecule has 4 heteroatoms. The average Bonchev–Trinajstić information content (AvgIpc) is 2.43. The van der Waals surface area contributed by atoms with E-state index in [4.69, 9.17) is 0 Å². The highest BCUT2D eigenvalue weighted by Crippen LogP contribution is 2.30. The van der Waals surface area contributed by atoms with Crippen LogP contribution >= 0.6 is 0 Å². The van der Waals surface area contributed by atoms with Gasteiger partial charge in [-0.25, -0.2) is 8.78 Å². The van der Waals surface area contributed by atoms with E-state index in [1.807, 2.05) is 0 Å². The van der Waals surface area contributed by atoms with Crippen molar-refractivity contribution in [1.29, 1.82) is 0 Å². The minimum Gasteiger partial charge on any atom is -0.314 e. The van der Waals surface area contributed by atoms with Crippen molar-refractivity contribution in [1.82, 2.24) is 10.2 Å². The number of nitrogens with zero attached hydrogens (tertiary/aromatic N) is 1. The molecule has 2 rings (SSSR count). The fraction of sp³-hybridized carbons (Fsp3) is 0.467. The second-order valence-corrected chi connectivity index (χ2v) is 4.80. The van der Waals surface area contributed by atoms with Crippen LogP contribution in [0.1, 0.15) is 24.4 Å². The molecule has 0 unspecified atom stereocenters. The first-order valence-electron chi connectivity index (χ1n) is 6.73. The Morgan fingerprint density at radius 3 is 2.47 bits per heavy atom. The predicted molar refractivity (Wildman–Crippen MR) is 73.0 cm³/mol. The van der Waals surface area contributed by atoms with Crippen molar-refractivity contribution in [2.24, 2.45) is 0 Å². The molecule has 1 N–H and O–H groups in total. The van der Waals surface area contributed by atoms with Gasteiger partial charge in [0, 0.05) is 37.8 Å². The van der Waals surface area contributed by atoms with Crippen LogP contribution in [0, 0.1) is 11.6 Å². The molecule has 0 amide bonds. The van der Waals surface area contributed by atoms with Crippen molar-refractivity contribution in [2.75, 3.05) is 26.2 Å². The van der Waals surface area contributed by atoms with Gasteiger partial charge in [0.1, 0.15) is 11.6 Å². The molecule has 0 aliphatic carbocycles. The number of hydrogen-bond acceptors (Lipinski definition) is 2. The molecule has 2 nitrogen and oxygen atoms in total. The van der Waals surface area contributed by atoms with Crippen molar-refractivity contribution in [3.05, 3.63) is 48.1 Å². The van der Waals surface area contributed by atoms with Crippen molar-refractivity contribution >= 4 is 0 Å². The zero-order chi connectivity index (χ0) is 13.7. The number of halogens is 2. The maximum Gasteiger partial charge on any atom is 0.130 e. The van der Waals surface area contributed by atoms with E-state index < -0.39 is 11.6 Å². The second kappa shape index (κ2) is 6.78. The van der Waals surface area contributed by atoms with Crippen molar-refractivity contribution in [3.8, 4) is 0 Å². The Balaban J connectivity index is 2.27. The minimum absolute atomic E-state index is 0.200. The monoisotopic (exact) mass is 266 g/mol. The average molecular weight is 266 g/mol. The largest absolute Gasteiger partial charge is 0.314 e. The molecule has 104 valence electrons. The highest BCUT2D eigenvalue weighted by atomic mass is 19.1. The quantitative estimate of drug-likeness (QED) is 0.824. The second-order valence-electron chi connectivity index (χ2n) is 4.80. The molecule has 0 saturated carbocycles. The third-order valence-electron chi connectivity index (χ3n) is 3.57. The summed E-state index contributed by atoms with van der Waals surface area (Å²) in [6.45, 7) is 7.05. The summed E-state index contributed by atoms with van der Waals surface area (Å²) in [6.07, 6.45) is 3.25. The van der Waals surface area contributed by atoms with Crippen LogP contribution in [-0.4, -0.2) is 31.1 Å². The highest BCUT2D eigenvalue weighted by molar-refractivity contribution is 5.23. The van der Waals surface area contributed by atoms with Gasteiger partial charge in [0.15, 0.2) is 0 Å². The summed E-state index contributed by atoms with van der Waals surface area (Å²) in [6, 6.07) is 3.88. The molecule has 1 aliphatic rings. The lowest BCUT2D eigenvalue weighted by atomic mass is 9.98. The summed E-state index contributed by atoms with van der Waals surface area (Å²) < 4.78 is 27.9. The van der Waals surface area contributed by atoms with E-state index in [1.165, 1.54) is 18.2 Å². The van der Waals surface area contributed by atoms with Gasteiger partial charge in [0.2, 0.25) is 0 Å². The molecule has 1 heterocycles. The van der Waals surface area contributed by atoms with E-state index in [0.29, 0.717) is 6.42 Å². The fourth-order valence-corrected chi connectivity index (χ4v) is 2.61. The lowest BCUT2D eigenvalue weighted by molar-refractivity contribution is 0.159. The summed E-state index contributed by atoms with van der Waals surface area (Å²) in [5.74, 6) is -0.903. The Kier molecular flexibility index (Phi) is 5.05. The number of rotatable bonds is 5. The third kappa shape index (κ3) is 3.39. The van der Waals surface area contributed by atoms with Gasteiger partial charge < -0.3 is 5.32 Å². The Morgan fingerprint density at radius 2 is 1.89 bits per heavy atom. The van der Waals surface area contributed by atoms with Crippen LogP contribution in [-0.2, 0) is 0 Å². The molecule has 0 spiro atoms. The molecular weight excluding hydrogens is 246 g/mol. The molecule has 1 aromatic carbocycles. The molecule has 1 saturated heterocycles. The van der Waals surface area contributed by atoms with Gasteiger partial charge in [0.25, 0.3) is 0 Å². The van der Waals surface area contributed by atoms with E-state index in [9.17, 15) is 8.78 Å². The van der Waals surface area contributed by atoms with E-state index >= 15 is 0 Å². The first-order chi connectivity index (χ1) is 9.24. The third-order valence-corrected chi connectivity index (χ3v) is 3.57. The fourth-order valence-electron chi connectivity index (χ4n) is 2.61. The smallest absolute Gasteiger partial charge is 0.130 e. The van der Waals surface area contributed by atoms with Crippen LogP contribution in [0.3, 0.4) is 0 Å². The van der Waals surface area contributed by atoms with E-state index in [-0.39, 0.29) is 11.6 Å². The summed E-state index contributed by atoms with van der Waals surface area (Å²) in [5.41, 5.74) is 0.200.